The fourth-order valence-electron chi connectivity index (χ4n) is 2.32. The van der Waals surface area contributed by atoms with Crippen LogP contribution in [-0.2, 0) is 11.8 Å². The van der Waals surface area contributed by atoms with Crippen LogP contribution in [0.15, 0.2) is 17.1 Å². The molecule has 0 amide bonds. The first-order chi connectivity index (χ1) is 9.65. The van der Waals surface area contributed by atoms with E-state index < -0.39 is 0 Å². The van der Waals surface area contributed by atoms with Gasteiger partial charge in [-0.2, -0.15) is 0 Å². The third kappa shape index (κ3) is 2.38. The maximum absolute atomic E-state index is 12.3. The number of ether oxygens (including phenoxy) is 2. The normalized spacial score (nSPS) is 16.5. The van der Waals surface area contributed by atoms with Gasteiger partial charge in [0.05, 0.1) is 13.2 Å². The van der Waals surface area contributed by atoms with E-state index in [2.05, 4.69) is 9.97 Å². The summed E-state index contributed by atoms with van der Waals surface area (Å²) in [5.41, 5.74) is 0.273. The van der Waals surface area contributed by atoms with Gasteiger partial charge >= 0.3 is 0 Å². The molecule has 3 heterocycles. The van der Waals surface area contributed by atoms with Crippen LogP contribution in [-0.4, -0.2) is 33.9 Å². The number of pyridine rings is 1. The summed E-state index contributed by atoms with van der Waals surface area (Å²) in [5.74, 6) is 1.15. The van der Waals surface area contributed by atoms with Crippen LogP contribution >= 0.6 is 0 Å². The minimum absolute atomic E-state index is 0.0955. The van der Waals surface area contributed by atoms with Gasteiger partial charge in [0.1, 0.15) is 17.4 Å². The fraction of sp³-hybridized carbons (Fsp3) is 0.500. The average Bonchev–Trinajstić information content (AvgIpc) is 2.46. The lowest BCUT2D eigenvalue weighted by molar-refractivity contribution is 0.0222. The van der Waals surface area contributed by atoms with Crippen molar-refractivity contribution in [3.8, 4) is 5.88 Å². The molecular weight excluding hydrogens is 258 g/mol. The molecule has 2 aromatic rings. The molecule has 0 aromatic carbocycles. The molecule has 0 saturated carbocycles. The topological polar surface area (TPSA) is 66.2 Å². The van der Waals surface area contributed by atoms with Crippen molar-refractivity contribution in [1.29, 1.82) is 0 Å². The van der Waals surface area contributed by atoms with Crippen LogP contribution in [0.25, 0.3) is 10.9 Å². The molecule has 0 radical (unpaired) electrons. The summed E-state index contributed by atoms with van der Waals surface area (Å²) in [4.78, 5) is 20.6. The van der Waals surface area contributed by atoms with Crippen molar-refractivity contribution in [3.63, 3.8) is 0 Å². The van der Waals surface area contributed by atoms with Crippen molar-refractivity contribution in [3.05, 3.63) is 28.4 Å². The van der Waals surface area contributed by atoms with Crippen LogP contribution in [0.5, 0.6) is 5.88 Å². The first-order valence-electron chi connectivity index (χ1n) is 6.73. The van der Waals surface area contributed by atoms with Gasteiger partial charge in [-0.05, 0) is 6.92 Å². The lowest BCUT2D eigenvalue weighted by atomic mass is 10.1. The Kier molecular flexibility index (Phi) is 3.40. The molecule has 0 unspecified atom stereocenters. The van der Waals surface area contributed by atoms with Crippen LogP contribution in [0.4, 0.5) is 0 Å². The van der Waals surface area contributed by atoms with Gasteiger partial charge in [-0.25, -0.2) is 9.97 Å². The van der Waals surface area contributed by atoms with E-state index in [9.17, 15) is 4.79 Å². The van der Waals surface area contributed by atoms with Crippen molar-refractivity contribution in [2.45, 2.75) is 25.9 Å². The second-order valence-corrected chi connectivity index (χ2v) is 5.00. The number of fused-ring (bicyclic) bond motifs is 1. The number of hydrogen-bond donors (Lipinski definition) is 0. The SMILES string of the molecule is Cc1ncc2cc(OC3CCOCC3)n(C)c(=O)c2n1. The van der Waals surface area contributed by atoms with Gasteiger partial charge in [-0.15, -0.1) is 0 Å². The van der Waals surface area contributed by atoms with Crippen molar-refractivity contribution in [2.75, 3.05) is 13.2 Å². The molecule has 0 N–H and O–H groups in total. The summed E-state index contributed by atoms with van der Waals surface area (Å²) < 4.78 is 12.7. The Balaban J connectivity index is 2.01. The molecule has 6 heteroatoms. The van der Waals surface area contributed by atoms with Gasteiger partial charge in [0, 0.05) is 37.5 Å². The molecule has 3 rings (SSSR count). The molecule has 0 bridgehead atoms. The number of rotatable bonds is 2. The minimum atomic E-state index is -0.157. The maximum atomic E-state index is 12.3. The summed E-state index contributed by atoms with van der Waals surface area (Å²) >= 11 is 0. The van der Waals surface area contributed by atoms with Crippen LogP contribution in [0.3, 0.4) is 0 Å². The van der Waals surface area contributed by atoms with Crippen molar-refractivity contribution < 1.29 is 9.47 Å². The van der Waals surface area contributed by atoms with Crippen molar-refractivity contribution >= 4 is 10.9 Å². The van der Waals surface area contributed by atoms with E-state index in [0.717, 1.165) is 12.8 Å². The third-order valence-corrected chi connectivity index (χ3v) is 3.51. The second-order valence-electron chi connectivity index (χ2n) is 5.00. The third-order valence-electron chi connectivity index (χ3n) is 3.51. The van der Waals surface area contributed by atoms with E-state index >= 15 is 0 Å². The lowest BCUT2D eigenvalue weighted by Crippen LogP contribution is -2.29. The summed E-state index contributed by atoms with van der Waals surface area (Å²) in [7, 11) is 1.70. The fourth-order valence-corrected chi connectivity index (χ4v) is 2.32. The molecule has 6 nitrogen and oxygen atoms in total. The summed E-state index contributed by atoms with van der Waals surface area (Å²) in [5, 5.41) is 0.709. The molecule has 0 atom stereocenters. The Bertz CT molecular complexity index is 690. The number of nitrogens with zero attached hydrogens (tertiary/aromatic N) is 3. The van der Waals surface area contributed by atoms with Crippen LogP contribution < -0.4 is 10.3 Å². The number of aryl methyl sites for hydroxylation is 1. The minimum Gasteiger partial charge on any atom is -0.475 e. The van der Waals surface area contributed by atoms with Gasteiger partial charge < -0.3 is 9.47 Å². The molecule has 20 heavy (non-hydrogen) atoms. The monoisotopic (exact) mass is 275 g/mol. The molecule has 1 aliphatic rings. The van der Waals surface area contributed by atoms with E-state index in [0.29, 0.717) is 35.8 Å². The Morgan fingerprint density at radius 3 is 2.90 bits per heavy atom. The summed E-state index contributed by atoms with van der Waals surface area (Å²) in [6, 6.07) is 1.83. The van der Waals surface area contributed by atoms with E-state index in [1.165, 1.54) is 4.57 Å². The Morgan fingerprint density at radius 1 is 1.40 bits per heavy atom. The van der Waals surface area contributed by atoms with Gasteiger partial charge in [-0.1, -0.05) is 0 Å². The predicted octanol–water partition coefficient (Wildman–Crippen LogP) is 1.19. The zero-order valence-electron chi connectivity index (χ0n) is 11.6. The molecule has 0 spiro atoms. The Labute approximate surface area is 116 Å². The molecule has 1 aliphatic heterocycles. The second kappa shape index (κ2) is 5.20. The van der Waals surface area contributed by atoms with Crippen molar-refractivity contribution in [2.24, 2.45) is 7.05 Å². The van der Waals surface area contributed by atoms with Crippen LogP contribution in [0.1, 0.15) is 18.7 Å². The molecular formula is C14H17N3O3. The zero-order chi connectivity index (χ0) is 14.1. The number of hydrogen-bond acceptors (Lipinski definition) is 5. The highest BCUT2D eigenvalue weighted by Gasteiger charge is 2.18. The van der Waals surface area contributed by atoms with Crippen LogP contribution in [0.2, 0.25) is 0 Å². The maximum Gasteiger partial charge on any atom is 0.279 e. The largest absolute Gasteiger partial charge is 0.475 e. The quantitative estimate of drug-likeness (QED) is 0.823. The zero-order valence-corrected chi connectivity index (χ0v) is 11.6. The van der Waals surface area contributed by atoms with Gasteiger partial charge in [0.25, 0.3) is 5.56 Å². The Morgan fingerprint density at radius 2 is 2.15 bits per heavy atom. The first-order valence-corrected chi connectivity index (χ1v) is 6.73. The molecule has 0 aliphatic carbocycles. The van der Waals surface area contributed by atoms with E-state index in [-0.39, 0.29) is 11.7 Å². The van der Waals surface area contributed by atoms with Crippen molar-refractivity contribution in [1.82, 2.24) is 14.5 Å². The van der Waals surface area contributed by atoms with E-state index in [1.807, 2.05) is 6.07 Å². The number of aromatic nitrogens is 3. The highest BCUT2D eigenvalue weighted by molar-refractivity contribution is 5.77. The highest BCUT2D eigenvalue weighted by Crippen LogP contribution is 2.19. The average molecular weight is 275 g/mol. The summed E-state index contributed by atoms with van der Waals surface area (Å²) in [6.07, 6.45) is 3.45. The standard InChI is InChI=1S/C14H17N3O3/c1-9-15-8-10-7-12(17(2)14(18)13(10)16-9)20-11-3-5-19-6-4-11/h7-8,11H,3-6H2,1-2H3. The Hall–Kier alpha value is -1.95. The van der Waals surface area contributed by atoms with Crippen LogP contribution in [0, 0.1) is 6.92 Å². The lowest BCUT2D eigenvalue weighted by Gasteiger charge is -2.24. The molecule has 106 valence electrons. The first kappa shape index (κ1) is 13.1. The van der Waals surface area contributed by atoms with Gasteiger partial charge in [-0.3, -0.25) is 9.36 Å². The van der Waals surface area contributed by atoms with Gasteiger partial charge in [0.15, 0.2) is 5.88 Å². The van der Waals surface area contributed by atoms with E-state index in [4.69, 9.17) is 9.47 Å². The molecule has 2 aromatic heterocycles. The van der Waals surface area contributed by atoms with Gasteiger partial charge in [0.2, 0.25) is 0 Å². The molecule has 1 saturated heterocycles. The smallest absolute Gasteiger partial charge is 0.279 e. The molecule has 1 fully saturated rings. The highest BCUT2D eigenvalue weighted by atomic mass is 16.5. The predicted molar refractivity (Wildman–Crippen MR) is 74.0 cm³/mol. The summed E-state index contributed by atoms with van der Waals surface area (Å²) in [6.45, 7) is 3.17. The van der Waals surface area contributed by atoms with E-state index in [1.54, 1.807) is 20.2 Å².